The number of aliphatic hydroxyl groups is 1. The molecule has 1 amide bonds. The Labute approximate surface area is 217 Å². The average Bonchev–Trinajstić information content (AvgIpc) is 3.21. The molecule has 4 aromatic rings. The van der Waals surface area contributed by atoms with E-state index in [-0.39, 0.29) is 18.4 Å². The van der Waals surface area contributed by atoms with Gasteiger partial charge in [-0.3, -0.25) is 4.79 Å². The molecule has 188 valence electrons. The maximum Gasteiger partial charge on any atom is 0.224 e. The Hall–Kier alpha value is -4.20. The summed E-state index contributed by atoms with van der Waals surface area (Å²) in [5.41, 5.74) is 8.05. The van der Waals surface area contributed by atoms with E-state index in [0.29, 0.717) is 58.0 Å². The molecule has 0 aliphatic carbocycles. The van der Waals surface area contributed by atoms with E-state index in [1.54, 1.807) is 54.9 Å². The van der Waals surface area contributed by atoms with Gasteiger partial charge < -0.3 is 20.5 Å². The predicted molar refractivity (Wildman–Crippen MR) is 138 cm³/mol. The molecular weight excluding hydrogens is 494 g/mol. The van der Waals surface area contributed by atoms with Gasteiger partial charge in [0, 0.05) is 35.9 Å². The fourth-order valence-corrected chi connectivity index (χ4v) is 4.19. The smallest absolute Gasteiger partial charge is 0.224 e. The van der Waals surface area contributed by atoms with Crippen LogP contribution >= 0.6 is 11.6 Å². The Bertz CT molecular complexity index is 1510. The van der Waals surface area contributed by atoms with Crippen molar-refractivity contribution in [1.29, 1.82) is 5.26 Å². The Morgan fingerprint density at radius 2 is 1.95 bits per heavy atom. The van der Waals surface area contributed by atoms with Crippen LogP contribution < -0.4 is 15.4 Å². The molecule has 10 nitrogen and oxygen atoms in total. The second-order valence-electron chi connectivity index (χ2n) is 9.57. The van der Waals surface area contributed by atoms with Gasteiger partial charge in [-0.05, 0) is 43.7 Å². The van der Waals surface area contributed by atoms with Crippen molar-refractivity contribution in [3.8, 4) is 34.3 Å². The van der Waals surface area contributed by atoms with Gasteiger partial charge >= 0.3 is 0 Å². The summed E-state index contributed by atoms with van der Waals surface area (Å²) in [6, 6.07) is 14.5. The summed E-state index contributed by atoms with van der Waals surface area (Å²) in [4.78, 5) is 22.6. The van der Waals surface area contributed by atoms with E-state index in [1.165, 1.54) is 0 Å². The Kier molecular flexibility index (Phi) is 6.19. The molecule has 4 heterocycles. The van der Waals surface area contributed by atoms with Crippen molar-refractivity contribution in [2.45, 2.75) is 19.4 Å². The fourth-order valence-electron chi connectivity index (χ4n) is 4.06. The predicted octanol–water partition coefficient (Wildman–Crippen LogP) is 3.05. The highest BCUT2D eigenvalue weighted by atomic mass is 35.5. The monoisotopic (exact) mass is 517 g/mol. The number of hydrogen-bond acceptors (Lipinski definition) is 8. The maximum absolute atomic E-state index is 11.7. The van der Waals surface area contributed by atoms with Crippen molar-refractivity contribution in [3.63, 3.8) is 0 Å². The van der Waals surface area contributed by atoms with Crippen LogP contribution in [0.5, 0.6) is 5.88 Å². The van der Waals surface area contributed by atoms with Crippen molar-refractivity contribution >= 4 is 29.0 Å². The van der Waals surface area contributed by atoms with Crippen LogP contribution in [0, 0.1) is 17.2 Å². The summed E-state index contributed by atoms with van der Waals surface area (Å²) in [6.45, 7) is 4.18. The first-order chi connectivity index (χ1) is 17.6. The van der Waals surface area contributed by atoms with E-state index in [9.17, 15) is 15.2 Å². The summed E-state index contributed by atoms with van der Waals surface area (Å²) in [5, 5.41) is 24.9. The van der Waals surface area contributed by atoms with Crippen molar-refractivity contribution < 1.29 is 14.6 Å². The second kappa shape index (κ2) is 9.35. The van der Waals surface area contributed by atoms with Crippen LogP contribution in [-0.4, -0.2) is 55.9 Å². The lowest BCUT2D eigenvalue weighted by atomic mass is 10.00. The molecule has 5 rings (SSSR count). The molecule has 37 heavy (non-hydrogen) atoms. The van der Waals surface area contributed by atoms with Gasteiger partial charge in [0.15, 0.2) is 5.65 Å². The van der Waals surface area contributed by atoms with Crippen LogP contribution in [0.2, 0.25) is 5.02 Å². The molecule has 0 saturated carbocycles. The van der Waals surface area contributed by atoms with Crippen molar-refractivity contribution in [2.75, 3.05) is 24.6 Å². The molecule has 0 atom stereocenters. The number of nitrogens with zero attached hydrogens (tertiary/aromatic N) is 6. The number of nitrogens with two attached hydrogens (primary N) is 1. The lowest BCUT2D eigenvalue weighted by Crippen LogP contribution is -2.53. The van der Waals surface area contributed by atoms with Crippen molar-refractivity contribution in [2.24, 2.45) is 11.7 Å². The van der Waals surface area contributed by atoms with Gasteiger partial charge in [-0.25, -0.2) is 4.98 Å². The standard InChI is InChI=1S/C26H24ClN7O3/c1-26(2,36)14-37-20-9-21(33-12-17(13-33)24(29)35)34-25(31-20)22(15-3-6-18(27)7-4-15)23(32-34)16-5-8-19(10-28)30-11-16/h3-9,11,17,36H,12-14H2,1-2H3,(H2,29,35). The zero-order valence-electron chi connectivity index (χ0n) is 20.2. The summed E-state index contributed by atoms with van der Waals surface area (Å²) in [6.07, 6.45) is 1.60. The first kappa shape index (κ1) is 24.5. The van der Waals surface area contributed by atoms with Gasteiger partial charge in [-0.2, -0.15) is 19.9 Å². The summed E-state index contributed by atoms with van der Waals surface area (Å²) in [7, 11) is 0. The highest BCUT2D eigenvalue weighted by Crippen LogP contribution is 2.38. The molecule has 1 saturated heterocycles. The van der Waals surface area contributed by atoms with Gasteiger partial charge in [-0.1, -0.05) is 23.7 Å². The third kappa shape index (κ3) is 4.91. The molecule has 0 radical (unpaired) electrons. The van der Waals surface area contributed by atoms with Gasteiger partial charge in [0.1, 0.15) is 29.9 Å². The number of hydrogen-bond donors (Lipinski definition) is 2. The Balaban J connectivity index is 1.73. The van der Waals surface area contributed by atoms with Crippen LogP contribution in [0.4, 0.5) is 5.82 Å². The molecule has 3 aromatic heterocycles. The quantitative estimate of drug-likeness (QED) is 0.381. The SMILES string of the molecule is CC(C)(O)COc1cc(N2CC(C(N)=O)C2)n2nc(-c3ccc(C#N)nc3)c(-c3ccc(Cl)cc3)c2n1. The van der Waals surface area contributed by atoms with Crippen molar-refractivity contribution in [3.05, 3.63) is 59.4 Å². The number of pyridine rings is 1. The number of carbonyl (C=O) groups is 1. The third-order valence-corrected chi connectivity index (χ3v) is 6.26. The summed E-state index contributed by atoms with van der Waals surface area (Å²) >= 11 is 6.16. The minimum absolute atomic E-state index is 0.0241. The number of anilines is 1. The summed E-state index contributed by atoms with van der Waals surface area (Å²) in [5.74, 6) is 0.340. The maximum atomic E-state index is 11.7. The fraction of sp³-hybridized carbons (Fsp3) is 0.269. The Morgan fingerprint density at radius 1 is 1.24 bits per heavy atom. The van der Waals surface area contributed by atoms with Crippen LogP contribution in [0.25, 0.3) is 28.0 Å². The minimum atomic E-state index is -1.07. The zero-order valence-corrected chi connectivity index (χ0v) is 21.0. The molecule has 0 spiro atoms. The molecule has 1 aliphatic heterocycles. The Morgan fingerprint density at radius 3 is 2.54 bits per heavy atom. The van der Waals surface area contributed by atoms with E-state index in [2.05, 4.69) is 4.98 Å². The zero-order chi connectivity index (χ0) is 26.3. The first-order valence-electron chi connectivity index (χ1n) is 11.6. The van der Waals surface area contributed by atoms with Gasteiger partial charge in [0.05, 0.1) is 17.1 Å². The molecule has 11 heteroatoms. The van der Waals surface area contributed by atoms with Crippen LogP contribution in [-0.2, 0) is 4.79 Å². The number of halogens is 1. The number of carbonyl (C=O) groups excluding carboxylic acids is 1. The summed E-state index contributed by atoms with van der Waals surface area (Å²) < 4.78 is 7.58. The van der Waals surface area contributed by atoms with E-state index >= 15 is 0 Å². The molecule has 1 aromatic carbocycles. The molecule has 0 bridgehead atoms. The molecule has 3 N–H and O–H groups in total. The minimum Gasteiger partial charge on any atom is -0.474 e. The first-order valence-corrected chi connectivity index (χ1v) is 12.0. The lowest BCUT2D eigenvalue weighted by molar-refractivity contribution is -0.122. The number of fused-ring (bicyclic) bond motifs is 1. The number of nitriles is 1. The number of rotatable bonds is 7. The number of primary amides is 1. The lowest BCUT2D eigenvalue weighted by Gasteiger charge is -2.39. The number of aromatic nitrogens is 4. The number of amides is 1. The number of ether oxygens (including phenoxy) is 1. The molecule has 1 aliphatic rings. The van der Waals surface area contributed by atoms with Crippen molar-refractivity contribution in [1.82, 2.24) is 19.6 Å². The largest absolute Gasteiger partial charge is 0.474 e. The molecular formula is C26H24ClN7O3. The molecule has 0 unspecified atom stereocenters. The van der Waals surface area contributed by atoms with E-state index in [0.717, 1.165) is 5.56 Å². The molecule has 1 fully saturated rings. The van der Waals surface area contributed by atoms with Crippen LogP contribution in [0.3, 0.4) is 0 Å². The third-order valence-electron chi connectivity index (χ3n) is 6.01. The van der Waals surface area contributed by atoms with Gasteiger partial charge in [0.25, 0.3) is 0 Å². The highest BCUT2D eigenvalue weighted by Gasteiger charge is 2.34. The van der Waals surface area contributed by atoms with E-state index in [1.807, 2.05) is 23.1 Å². The van der Waals surface area contributed by atoms with E-state index < -0.39 is 5.60 Å². The normalized spacial score (nSPS) is 13.9. The second-order valence-corrected chi connectivity index (χ2v) is 10.0. The van der Waals surface area contributed by atoms with Crippen LogP contribution in [0.15, 0.2) is 48.7 Å². The number of benzene rings is 1. The average molecular weight is 518 g/mol. The van der Waals surface area contributed by atoms with Gasteiger partial charge in [-0.15, -0.1) is 0 Å². The van der Waals surface area contributed by atoms with Gasteiger partial charge in [0.2, 0.25) is 11.8 Å². The topological polar surface area (TPSA) is 143 Å². The highest BCUT2D eigenvalue weighted by molar-refractivity contribution is 6.30. The van der Waals surface area contributed by atoms with E-state index in [4.69, 9.17) is 32.2 Å². The van der Waals surface area contributed by atoms with Crippen LogP contribution in [0.1, 0.15) is 19.5 Å².